The highest BCUT2D eigenvalue weighted by Gasteiger charge is 2.17. The van der Waals surface area contributed by atoms with Gasteiger partial charge in [-0.1, -0.05) is 12.1 Å². The quantitative estimate of drug-likeness (QED) is 0.526. The number of hydrogen-bond acceptors (Lipinski definition) is 3. The Hall–Kier alpha value is -0.100. The van der Waals surface area contributed by atoms with E-state index in [4.69, 9.17) is 0 Å². The van der Waals surface area contributed by atoms with Crippen molar-refractivity contribution in [3.05, 3.63) is 49.0 Å². The molecule has 2 rings (SSSR count). The van der Waals surface area contributed by atoms with Gasteiger partial charge in [0.05, 0.1) is 7.57 Å². The molecule has 1 aromatic carbocycles. The van der Waals surface area contributed by atoms with Gasteiger partial charge >= 0.3 is 0 Å². The second-order valence-corrected chi connectivity index (χ2v) is 7.86. The zero-order valence-corrected chi connectivity index (χ0v) is 13.7. The number of thioether (sulfide) groups is 1. The van der Waals surface area contributed by atoms with E-state index >= 15 is 0 Å². The van der Waals surface area contributed by atoms with Crippen molar-refractivity contribution in [2.75, 3.05) is 6.26 Å². The normalized spacial score (nSPS) is 10.5. The summed E-state index contributed by atoms with van der Waals surface area (Å²) in [5.74, 6) is 0.0591. The molecule has 17 heavy (non-hydrogen) atoms. The second kappa shape index (κ2) is 5.69. The van der Waals surface area contributed by atoms with Crippen molar-refractivity contribution >= 4 is 60.7 Å². The molecular formula is C12H8Br2OS2. The molecule has 2 aromatic rings. The van der Waals surface area contributed by atoms with Crippen molar-refractivity contribution in [2.24, 2.45) is 0 Å². The van der Waals surface area contributed by atoms with E-state index in [2.05, 4.69) is 31.9 Å². The molecule has 1 aromatic heterocycles. The van der Waals surface area contributed by atoms with E-state index in [0.29, 0.717) is 5.56 Å². The Kier molecular flexibility index (Phi) is 4.47. The van der Waals surface area contributed by atoms with Crippen LogP contribution in [0, 0.1) is 0 Å². The first-order valence-corrected chi connectivity index (χ1v) is 8.38. The smallest absolute Gasteiger partial charge is 0.196 e. The Bertz CT molecular complexity index is 563. The molecule has 0 amide bonds. The molecule has 0 fully saturated rings. The largest absolute Gasteiger partial charge is 0.288 e. The molecule has 0 bridgehead atoms. The van der Waals surface area contributed by atoms with Gasteiger partial charge in [0, 0.05) is 16.0 Å². The molecule has 0 aliphatic carbocycles. The third-order valence-corrected chi connectivity index (χ3v) is 5.39. The molecule has 0 atom stereocenters. The lowest BCUT2D eigenvalue weighted by Gasteiger charge is -2.05. The summed E-state index contributed by atoms with van der Waals surface area (Å²) in [6, 6.07) is 9.52. The second-order valence-electron chi connectivity index (χ2n) is 3.27. The van der Waals surface area contributed by atoms with Crippen LogP contribution in [0.25, 0.3) is 0 Å². The SMILES string of the molecule is CSc1ccccc1C(=O)c1cc(Br)sc1Br. The average molecular weight is 392 g/mol. The molecule has 0 aliphatic rings. The van der Waals surface area contributed by atoms with Gasteiger partial charge < -0.3 is 0 Å². The van der Waals surface area contributed by atoms with Crippen molar-refractivity contribution in [1.82, 2.24) is 0 Å². The topological polar surface area (TPSA) is 17.1 Å². The molecule has 88 valence electrons. The summed E-state index contributed by atoms with van der Waals surface area (Å²) in [5.41, 5.74) is 1.47. The maximum atomic E-state index is 12.4. The van der Waals surface area contributed by atoms with Crippen LogP contribution in [0.1, 0.15) is 15.9 Å². The van der Waals surface area contributed by atoms with Gasteiger partial charge in [-0.25, -0.2) is 0 Å². The minimum absolute atomic E-state index is 0.0591. The Morgan fingerprint density at radius 3 is 2.53 bits per heavy atom. The fourth-order valence-electron chi connectivity index (χ4n) is 1.47. The van der Waals surface area contributed by atoms with E-state index in [0.717, 1.165) is 18.0 Å². The van der Waals surface area contributed by atoms with Gasteiger partial charge in [0.15, 0.2) is 5.78 Å². The lowest BCUT2D eigenvalue weighted by Crippen LogP contribution is -2.02. The number of rotatable bonds is 3. The van der Waals surface area contributed by atoms with E-state index in [9.17, 15) is 4.79 Å². The molecule has 0 saturated heterocycles. The third kappa shape index (κ3) is 2.84. The minimum Gasteiger partial charge on any atom is -0.288 e. The predicted octanol–water partition coefficient (Wildman–Crippen LogP) is 5.23. The number of ketones is 1. The van der Waals surface area contributed by atoms with Gasteiger partial charge in [-0.05, 0) is 56.3 Å². The molecule has 1 nitrogen and oxygen atoms in total. The number of benzene rings is 1. The monoisotopic (exact) mass is 390 g/mol. The van der Waals surface area contributed by atoms with Crippen LogP contribution in [0.2, 0.25) is 0 Å². The van der Waals surface area contributed by atoms with Crippen LogP contribution in [0.3, 0.4) is 0 Å². The molecule has 0 aliphatic heterocycles. The summed E-state index contributed by atoms with van der Waals surface area (Å²) in [4.78, 5) is 13.4. The number of carbonyl (C=O) groups excluding carboxylic acids is 1. The first-order chi connectivity index (χ1) is 8.13. The Morgan fingerprint density at radius 1 is 1.24 bits per heavy atom. The van der Waals surface area contributed by atoms with Crippen molar-refractivity contribution in [1.29, 1.82) is 0 Å². The van der Waals surface area contributed by atoms with Crippen molar-refractivity contribution in [3.8, 4) is 0 Å². The van der Waals surface area contributed by atoms with Crippen LogP contribution in [0.4, 0.5) is 0 Å². The van der Waals surface area contributed by atoms with Crippen molar-refractivity contribution in [2.45, 2.75) is 4.90 Å². The molecule has 0 saturated carbocycles. The molecule has 0 N–H and O–H groups in total. The van der Waals surface area contributed by atoms with Crippen LogP contribution in [0.5, 0.6) is 0 Å². The summed E-state index contributed by atoms with van der Waals surface area (Å²) < 4.78 is 1.82. The molecule has 0 unspecified atom stereocenters. The predicted molar refractivity (Wildman–Crippen MR) is 81.4 cm³/mol. The van der Waals surface area contributed by atoms with Crippen LogP contribution in [-0.2, 0) is 0 Å². The lowest BCUT2D eigenvalue weighted by molar-refractivity contribution is 0.103. The number of halogens is 2. The maximum absolute atomic E-state index is 12.4. The summed E-state index contributed by atoms with van der Waals surface area (Å²) in [6.07, 6.45) is 1.98. The third-order valence-electron chi connectivity index (χ3n) is 2.25. The lowest BCUT2D eigenvalue weighted by atomic mass is 10.1. The van der Waals surface area contributed by atoms with E-state index in [1.54, 1.807) is 11.8 Å². The van der Waals surface area contributed by atoms with Crippen LogP contribution in [-0.4, -0.2) is 12.0 Å². The van der Waals surface area contributed by atoms with Gasteiger partial charge in [0.2, 0.25) is 0 Å². The van der Waals surface area contributed by atoms with Crippen LogP contribution in [0.15, 0.2) is 42.8 Å². The molecule has 5 heteroatoms. The van der Waals surface area contributed by atoms with Gasteiger partial charge in [-0.3, -0.25) is 4.79 Å². The molecule has 1 heterocycles. The summed E-state index contributed by atoms with van der Waals surface area (Å²) in [6.45, 7) is 0. The van der Waals surface area contributed by atoms with E-state index in [-0.39, 0.29) is 5.78 Å². The number of thiophene rings is 1. The summed E-state index contributed by atoms with van der Waals surface area (Å²) in [7, 11) is 0. The highest BCUT2D eigenvalue weighted by atomic mass is 79.9. The first-order valence-electron chi connectivity index (χ1n) is 4.76. The Labute approximate surface area is 125 Å². The highest BCUT2D eigenvalue weighted by molar-refractivity contribution is 9.12. The van der Waals surface area contributed by atoms with E-state index in [1.807, 2.05) is 36.6 Å². The van der Waals surface area contributed by atoms with Crippen molar-refractivity contribution in [3.63, 3.8) is 0 Å². The van der Waals surface area contributed by atoms with Gasteiger partial charge in [-0.2, -0.15) is 0 Å². The number of hydrogen-bond donors (Lipinski definition) is 0. The Balaban J connectivity index is 2.47. The molecule has 0 radical (unpaired) electrons. The van der Waals surface area contributed by atoms with Crippen molar-refractivity contribution < 1.29 is 4.79 Å². The zero-order valence-electron chi connectivity index (χ0n) is 8.87. The highest BCUT2D eigenvalue weighted by Crippen LogP contribution is 2.34. The van der Waals surface area contributed by atoms with Gasteiger partial charge in [0.25, 0.3) is 0 Å². The Morgan fingerprint density at radius 2 is 1.94 bits per heavy atom. The maximum Gasteiger partial charge on any atom is 0.196 e. The van der Waals surface area contributed by atoms with Crippen LogP contribution < -0.4 is 0 Å². The van der Waals surface area contributed by atoms with Crippen LogP contribution >= 0.6 is 55.0 Å². The van der Waals surface area contributed by atoms with E-state index in [1.165, 1.54) is 11.3 Å². The minimum atomic E-state index is 0.0591. The average Bonchev–Trinajstić information content (AvgIpc) is 2.67. The molecular weight excluding hydrogens is 384 g/mol. The number of carbonyl (C=O) groups is 1. The zero-order chi connectivity index (χ0) is 12.4. The van der Waals surface area contributed by atoms with Gasteiger partial charge in [0.1, 0.15) is 0 Å². The fraction of sp³-hybridized carbons (Fsp3) is 0.0833. The summed E-state index contributed by atoms with van der Waals surface area (Å²) in [5, 5.41) is 0. The first kappa shape index (κ1) is 13.3. The fourth-order valence-corrected chi connectivity index (χ4v) is 4.86. The summed E-state index contributed by atoms with van der Waals surface area (Å²) >= 11 is 9.91. The standard InChI is InChI=1S/C12H8Br2OS2/c1-16-9-5-3-2-4-7(9)11(15)8-6-10(13)17-12(8)14/h2-6H,1H3. The van der Waals surface area contributed by atoms with Gasteiger partial charge in [-0.15, -0.1) is 23.1 Å². The molecule has 0 spiro atoms. The van der Waals surface area contributed by atoms with E-state index < -0.39 is 0 Å².